The largest absolute Gasteiger partial charge is 0.369 e. The number of hydrogen-bond donors (Lipinski definition) is 4. The minimum absolute atomic E-state index is 0.130. The fourth-order valence-electron chi connectivity index (χ4n) is 1.08. The van der Waals surface area contributed by atoms with Crippen LogP contribution in [0.15, 0.2) is 35.3 Å². The third kappa shape index (κ3) is 3.97. The standard InChI is InChI=1S/C10H15N5O/c11-10(15-12)14-7-6-13-9(16)8-4-2-1-3-5-8/h1-5H,6-7,12H2,(H,13,16)(H3,11,14,15). The molecule has 0 fully saturated rings. The average molecular weight is 221 g/mol. The van der Waals surface area contributed by atoms with Gasteiger partial charge in [0.2, 0.25) is 5.96 Å². The number of hydrazine groups is 1. The Balaban J connectivity index is 2.32. The average Bonchev–Trinajstić information content (AvgIpc) is 2.35. The number of nitrogens with one attached hydrogen (secondary N) is 2. The molecular formula is C10H15N5O. The minimum atomic E-state index is -0.130. The number of rotatable bonds is 4. The number of nitrogens with two attached hydrogens (primary N) is 2. The number of hydrogen-bond acceptors (Lipinski definition) is 3. The van der Waals surface area contributed by atoms with Crippen LogP contribution in [0.4, 0.5) is 0 Å². The first-order valence-corrected chi connectivity index (χ1v) is 4.84. The van der Waals surface area contributed by atoms with Gasteiger partial charge in [0.25, 0.3) is 5.91 Å². The normalized spacial score (nSPS) is 10.9. The molecule has 0 aliphatic heterocycles. The molecule has 0 unspecified atom stereocenters. The molecule has 6 N–H and O–H groups in total. The van der Waals surface area contributed by atoms with E-state index in [1.165, 1.54) is 0 Å². The van der Waals surface area contributed by atoms with E-state index in [0.717, 1.165) is 0 Å². The van der Waals surface area contributed by atoms with Crippen LogP contribution >= 0.6 is 0 Å². The van der Waals surface area contributed by atoms with E-state index in [1.54, 1.807) is 12.1 Å². The SMILES string of the molecule is NNC(N)=NCCNC(=O)c1ccccc1. The molecule has 6 heteroatoms. The lowest BCUT2D eigenvalue weighted by atomic mass is 10.2. The molecule has 1 aromatic rings. The first-order chi connectivity index (χ1) is 7.74. The van der Waals surface area contributed by atoms with Gasteiger partial charge in [-0.15, -0.1) is 0 Å². The zero-order valence-corrected chi connectivity index (χ0v) is 8.81. The fourth-order valence-corrected chi connectivity index (χ4v) is 1.08. The molecule has 1 aromatic carbocycles. The van der Waals surface area contributed by atoms with Crippen molar-refractivity contribution in [3.05, 3.63) is 35.9 Å². The van der Waals surface area contributed by atoms with E-state index in [-0.39, 0.29) is 11.9 Å². The second-order valence-corrected chi connectivity index (χ2v) is 3.03. The molecule has 86 valence electrons. The van der Waals surface area contributed by atoms with Gasteiger partial charge in [0, 0.05) is 12.1 Å². The minimum Gasteiger partial charge on any atom is -0.369 e. The highest BCUT2D eigenvalue weighted by molar-refractivity contribution is 5.94. The highest BCUT2D eigenvalue weighted by Crippen LogP contribution is 1.96. The second-order valence-electron chi connectivity index (χ2n) is 3.03. The third-order valence-electron chi connectivity index (χ3n) is 1.86. The quantitative estimate of drug-likeness (QED) is 0.175. The van der Waals surface area contributed by atoms with Crippen molar-refractivity contribution in [1.29, 1.82) is 0 Å². The number of guanidine groups is 1. The number of aliphatic imine (C=N–C) groups is 1. The lowest BCUT2D eigenvalue weighted by Crippen LogP contribution is -2.37. The van der Waals surface area contributed by atoms with Crippen LogP contribution in [-0.2, 0) is 0 Å². The van der Waals surface area contributed by atoms with E-state index in [1.807, 2.05) is 18.2 Å². The van der Waals surface area contributed by atoms with Crippen molar-refractivity contribution in [2.75, 3.05) is 13.1 Å². The zero-order chi connectivity index (χ0) is 11.8. The Morgan fingerprint density at radius 3 is 2.62 bits per heavy atom. The molecule has 0 atom stereocenters. The fraction of sp³-hybridized carbons (Fsp3) is 0.200. The lowest BCUT2D eigenvalue weighted by Gasteiger charge is -2.03. The lowest BCUT2D eigenvalue weighted by molar-refractivity contribution is 0.0955. The van der Waals surface area contributed by atoms with Crippen molar-refractivity contribution in [1.82, 2.24) is 10.7 Å². The molecule has 1 rings (SSSR count). The highest BCUT2D eigenvalue weighted by atomic mass is 16.1. The summed E-state index contributed by atoms with van der Waals surface area (Å²) in [6.07, 6.45) is 0. The molecule has 0 spiro atoms. The van der Waals surface area contributed by atoms with E-state index in [4.69, 9.17) is 11.6 Å². The molecule has 0 radical (unpaired) electrons. The summed E-state index contributed by atoms with van der Waals surface area (Å²) in [7, 11) is 0. The molecule has 6 nitrogen and oxygen atoms in total. The first kappa shape index (κ1) is 12.0. The number of carbonyl (C=O) groups is 1. The summed E-state index contributed by atoms with van der Waals surface area (Å²) < 4.78 is 0. The summed E-state index contributed by atoms with van der Waals surface area (Å²) >= 11 is 0. The third-order valence-corrected chi connectivity index (χ3v) is 1.86. The van der Waals surface area contributed by atoms with Crippen LogP contribution in [0.3, 0.4) is 0 Å². The Morgan fingerprint density at radius 1 is 1.31 bits per heavy atom. The Bertz CT molecular complexity index is 363. The molecule has 0 heterocycles. The molecular weight excluding hydrogens is 206 g/mol. The number of amides is 1. The maximum absolute atomic E-state index is 11.5. The van der Waals surface area contributed by atoms with Crippen LogP contribution in [0.1, 0.15) is 10.4 Å². The van der Waals surface area contributed by atoms with Gasteiger partial charge in [0.05, 0.1) is 6.54 Å². The first-order valence-electron chi connectivity index (χ1n) is 4.84. The van der Waals surface area contributed by atoms with Crippen molar-refractivity contribution in [2.45, 2.75) is 0 Å². The van der Waals surface area contributed by atoms with Gasteiger partial charge < -0.3 is 11.1 Å². The maximum Gasteiger partial charge on any atom is 0.251 e. The molecule has 0 saturated carbocycles. The van der Waals surface area contributed by atoms with Crippen LogP contribution < -0.4 is 22.3 Å². The highest BCUT2D eigenvalue weighted by Gasteiger charge is 2.01. The van der Waals surface area contributed by atoms with Crippen molar-refractivity contribution in [2.24, 2.45) is 16.6 Å². The van der Waals surface area contributed by atoms with E-state index in [0.29, 0.717) is 18.7 Å². The van der Waals surface area contributed by atoms with Crippen LogP contribution in [0, 0.1) is 0 Å². The van der Waals surface area contributed by atoms with Crippen LogP contribution in [0.25, 0.3) is 0 Å². The number of nitrogens with zero attached hydrogens (tertiary/aromatic N) is 1. The topological polar surface area (TPSA) is 106 Å². The summed E-state index contributed by atoms with van der Waals surface area (Å²) in [5.41, 5.74) is 8.12. The molecule has 16 heavy (non-hydrogen) atoms. The van der Waals surface area contributed by atoms with Crippen molar-refractivity contribution in [3.63, 3.8) is 0 Å². The van der Waals surface area contributed by atoms with Crippen molar-refractivity contribution >= 4 is 11.9 Å². The van der Waals surface area contributed by atoms with Crippen LogP contribution in [0.2, 0.25) is 0 Å². The van der Waals surface area contributed by atoms with Crippen LogP contribution in [0.5, 0.6) is 0 Å². The molecule has 1 amide bonds. The van der Waals surface area contributed by atoms with Crippen molar-refractivity contribution in [3.8, 4) is 0 Å². The van der Waals surface area contributed by atoms with Gasteiger partial charge in [-0.2, -0.15) is 0 Å². The predicted molar refractivity (Wildman–Crippen MR) is 62.6 cm³/mol. The molecule has 0 saturated heterocycles. The van der Waals surface area contributed by atoms with Gasteiger partial charge in [0.15, 0.2) is 0 Å². The Labute approximate surface area is 93.7 Å². The van der Waals surface area contributed by atoms with E-state index in [9.17, 15) is 4.79 Å². The van der Waals surface area contributed by atoms with Crippen LogP contribution in [-0.4, -0.2) is 25.0 Å². The van der Waals surface area contributed by atoms with Gasteiger partial charge in [-0.3, -0.25) is 15.2 Å². The second kappa shape index (κ2) is 6.41. The summed E-state index contributed by atoms with van der Waals surface area (Å²) in [6, 6.07) is 8.96. The predicted octanol–water partition coefficient (Wildman–Crippen LogP) is -0.806. The van der Waals surface area contributed by atoms with E-state index < -0.39 is 0 Å². The maximum atomic E-state index is 11.5. The molecule has 0 aliphatic carbocycles. The van der Waals surface area contributed by atoms with Gasteiger partial charge in [-0.1, -0.05) is 18.2 Å². The summed E-state index contributed by atoms with van der Waals surface area (Å²) in [6.45, 7) is 0.796. The molecule has 0 aliphatic rings. The van der Waals surface area contributed by atoms with E-state index in [2.05, 4.69) is 15.7 Å². The monoisotopic (exact) mass is 221 g/mol. The Kier molecular flexibility index (Phi) is 4.81. The van der Waals surface area contributed by atoms with Gasteiger partial charge in [-0.05, 0) is 12.1 Å². The zero-order valence-electron chi connectivity index (χ0n) is 8.81. The van der Waals surface area contributed by atoms with Gasteiger partial charge in [-0.25, -0.2) is 5.84 Å². The summed E-state index contributed by atoms with van der Waals surface area (Å²) in [4.78, 5) is 15.4. The number of benzene rings is 1. The smallest absolute Gasteiger partial charge is 0.251 e. The van der Waals surface area contributed by atoms with E-state index >= 15 is 0 Å². The van der Waals surface area contributed by atoms with Gasteiger partial charge in [0.1, 0.15) is 0 Å². The number of carbonyl (C=O) groups excluding carboxylic acids is 1. The molecule has 0 aromatic heterocycles. The van der Waals surface area contributed by atoms with Crippen molar-refractivity contribution < 1.29 is 4.79 Å². The Hall–Kier alpha value is -2.08. The summed E-state index contributed by atoms with van der Waals surface area (Å²) in [5.74, 6) is 5.03. The molecule has 0 bridgehead atoms. The summed E-state index contributed by atoms with van der Waals surface area (Å²) in [5, 5.41) is 2.71. The Morgan fingerprint density at radius 2 is 2.00 bits per heavy atom. The van der Waals surface area contributed by atoms with Gasteiger partial charge >= 0.3 is 0 Å².